The first-order chi connectivity index (χ1) is 14.3. The molecule has 0 saturated heterocycles. The Hall–Kier alpha value is -3.68. The third kappa shape index (κ3) is 3.76. The van der Waals surface area contributed by atoms with Crippen molar-refractivity contribution in [3.63, 3.8) is 0 Å². The summed E-state index contributed by atoms with van der Waals surface area (Å²) in [5.41, 5.74) is 0.375. The number of rotatable bonds is 4. The Bertz CT molecular complexity index is 1200. The van der Waals surface area contributed by atoms with Crippen molar-refractivity contribution in [3.05, 3.63) is 78.1 Å². The third-order valence-corrected chi connectivity index (χ3v) is 4.75. The van der Waals surface area contributed by atoms with E-state index in [4.69, 9.17) is 0 Å². The number of nitrogens with one attached hydrogen (secondary N) is 1. The Kier molecular flexibility index (Phi) is 4.99. The molecule has 2 N–H and O–H groups in total. The van der Waals surface area contributed by atoms with Crippen LogP contribution in [0.1, 0.15) is 24.2 Å². The largest absolute Gasteiger partial charge is 0.507 e. The maximum absolute atomic E-state index is 12.9. The fraction of sp³-hybridized carbons (Fsp3) is 0.136. The van der Waals surface area contributed by atoms with Gasteiger partial charge >= 0.3 is 6.18 Å². The fourth-order valence-corrected chi connectivity index (χ4v) is 3.23. The number of fused-ring (bicyclic) bond motifs is 1. The Morgan fingerprint density at radius 3 is 2.33 bits per heavy atom. The maximum atomic E-state index is 12.9. The van der Waals surface area contributed by atoms with Crippen molar-refractivity contribution in [2.75, 3.05) is 5.32 Å². The monoisotopic (exact) mass is 410 g/mol. The number of aromatic hydroxyl groups is 1. The molecule has 5 nitrogen and oxygen atoms in total. The molecule has 0 saturated carbocycles. The van der Waals surface area contributed by atoms with Crippen LogP contribution in [0, 0.1) is 0 Å². The minimum absolute atomic E-state index is 0.144. The SMILES string of the molecule is C[C@@H](Nc1nnc(-c2ccc(C(F)(F)F)cc2O)c2ccccc12)c1ccccn1. The average molecular weight is 410 g/mol. The molecular weight excluding hydrogens is 393 g/mol. The minimum Gasteiger partial charge on any atom is -0.507 e. The summed E-state index contributed by atoms with van der Waals surface area (Å²) >= 11 is 0. The molecule has 30 heavy (non-hydrogen) atoms. The maximum Gasteiger partial charge on any atom is 0.416 e. The highest BCUT2D eigenvalue weighted by Gasteiger charge is 2.31. The molecule has 0 aliphatic rings. The molecule has 0 spiro atoms. The zero-order valence-electron chi connectivity index (χ0n) is 15.9. The number of nitrogens with zero attached hydrogens (tertiary/aromatic N) is 3. The number of phenolic OH excluding ortho intramolecular Hbond substituents is 1. The van der Waals surface area contributed by atoms with Crippen molar-refractivity contribution in [1.29, 1.82) is 0 Å². The molecule has 2 aromatic heterocycles. The second kappa shape index (κ2) is 7.62. The van der Waals surface area contributed by atoms with Gasteiger partial charge in [-0.2, -0.15) is 13.2 Å². The van der Waals surface area contributed by atoms with Crippen LogP contribution in [0.2, 0.25) is 0 Å². The minimum atomic E-state index is -4.54. The molecule has 2 heterocycles. The van der Waals surface area contributed by atoms with Crippen molar-refractivity contribution < 1.29 is 18.3 Å². The Balaban J connectivity index is 1.77. The van der Waals surface area contributed by atoms with Gasteiger partial charge in [0.05, 0.1) is 17.3 Å². The third-order valence-electron chi connectivity index (χ3n) is 4.75. The van der Waals surface area contributed by atoms with Crippen molar-refractivity contribution in [1.82, 2.24) is 15.2 Å². The summed E-state index contributed by atoms with van der Waals surface area (Å²) in [4.78, 5) is 4.32. The Morgan fingerprint density at radius 2 is 1.67 bits per heavy atom. The number of pyridine rings is 1. The van der Waals surface area contributed by atoms with Gasteiger partial charge < -0.3 is 10.4 Å². The molecule has 4 aromatic rings. The van der Waals surface area contributed by atoms with E-state index in [-0.39, 0.29) is 11.6 Å². The number of alkyl halides is 3. The number of halogens is 3. The lowest BCUT2D eigenvalue weighted by Crippen LogP contribution is -2.10. The van der Waals surface area contributed by atoms with E-state index >= 15 is 0 Å². The van der Waals surface area contributed by atoms with Crippen LogP contribution in [0.4, 0.5) is 19.0 Å². The zero-order chi connectivity index (χ0) is 21.3. The lowest BCUT2D eigenvalue weighted by Gasteiger charge is -2.16. The molecule has 2 aromatic carbocycles. The lowest BCUT2D eigenvalue weighted by atomic mass is 10.0. The van der Waals surface area contributed by atoms with Gasteiger partial charge in [-0.1, -0.05) is 30.3 Å². The fourth-order valence-electron chi connectivity index (χ4n) is 3.23. The van der Waals surface area contributed by atoms with Crippen LogP contribution in [-0.4, -0.2) is 20.3 Å². The van der Waals surface area contributed by atoms with Crippen LogP contribution in [0.15, 0.2) is 66.9 Å². The summed E-state index contributed by atoms with van der Waals surface area (Å²) in [5, 5.41) is 23.3. The van der Waals surface area contributed by atoms with E-state index in [1.807, 2.05) is 37.3 Å². The van der Waals surface area contributed by atoms with Crippen LogP contribution in [0.3, 0.4) is 0 Å². The lowest BCUT2D eigenvalue weighted by molar-refractivity contribution is -0.137. The van der Waals surface area contributed by atoms with E-state index in [1.165, 1.54) is 6.07 Å². The standard InChI is InChI=1S/C22H17F3N4O/c1-13(18-8-4-5-11-26-18)27-21-16-7-3-2-6-15(16)20(28-29-21)17-10-9-14(12-19(17)30)22(23,24)25/h2-13,30H,1H3,(H,27,29)/t13-/m1/s1. The molecule has 0 unspecified atom stereocenters. The summed E-state index contributed by atoms with van der Waals surface area (Å²) in [7, 11) is 0. The van der Waals surface area contributed by atoms with Gasteiger partial charge in [0.15, 0.2) is 5.82 Å². The molecule has 0 amide bonds. The predicted octanol–water partition coefficient (Wildman–Crippen LogP) is 5.59. The first-order valence-electron chi connectivity index (χ1n) is 9.18. The van der Waals surface area contributed by atoms with E-state index < -0.39 is 17.5 Å². The van der Waals surface area contributed by atoms with Crippen molar-refractivity contribution in [3.8, 4) is 17.0 Å². The van der Waals surface area contributed by atoms with Crippen molar-refractivity contribution in [2.45, 2.75) is 19.1 Å². The van der Waals surface area contributed by atoms with Gasteiger partial charge in [-0.25, -0.2) is 0 Å². The van der Waals surface area contributed by atoms with E-state index in [2.05, 4.69) is 20.5 Å². The Morgan fingerprint density at radius 1 is 0.933 bits per heavy atom. The highest BCUT2D eigenvalue weighted by atomic mass is 19.4. The van der Waals surface area contributed by atoms with Gasteiger partial charge in [0, 0.05) is 22.5 Å². The molecule has 0 fully saturated rings. The van der Waals surface area contributed by atoms with Crippen LogP contribution in [-0.2, 0) is 6.18 Å². The van der Waals surface area contributed by atoms with Crippen molar-refractivity contribution >= 4 is 16.6 Å². The van der Waals surface area contributed by atoms with Gasteiger partial charge in [-0.15, -0.1) is 10.2 Å². The van der Waals surface area contributed by atoms with E-state index in [0.717, 1.165) is 17.1 Å². The molecule has 0 aliphatic heterocycles. The smallest absolute Gasteiger partial charge is 0.416 e. The van der Waals surface area contributed by atoms with Crippen LogP contribution >= 0.6 is 0 Å². The molecule has 8 heteroatoms. The summed E-state index contributed by atoms with van der Waals surface area (Å²) in [6.45, 7) is 1.94. The average Bonchev–Trinajstić information content (AvgIpc) is 2.74. The number of hydrogen-bond donors (Lipinski definition) is 2. The molecule has 0 aliphatic carbocycles. The quantitative estimate of drug-likeness (QED) is 0.459. The summed E-state index contributed by atoms with van der Waals surface area (Å²) < 4.78 is 38.8. The first-order valence-corrected chi connectivity index (χ1v) is 9.18. The molecule has 0 bridgehead atoms. The van der Waals surface area contributed by atoms with Crippen LogP contribution in [0.25, 0.3) is 22.0 Å². The highest BCUT2D eigenvalue weighted by Crippen LogP contribution is 2.38. The molecular formula is C22H17F3N4O. The second-order valence-electron chi connectivity index (χ2n) is 6.79. The van der Waals surface area contributed by atoms with Crippen molar-refractivity contribution in [2.24, 2.45) is 0 Å². The Labute approximate surface area is 170 Å². The molecule has 152 valence electrons. The second-order valence-corrected chi connectivity index (χ2v) is 6.79. The zero-order valence-corrected chi connectivity index (χ0v) is 15.9. The van der Waals surface area contributed by atoms with E-state index in [1.54, 1.807) is 18.3 Å². The highest BCUT2D eigenvalue weighted by molar-refractivity contribution is 6.00. The van der Waals surface area contributed by atoms with E-state index in [0.29, 0.717) is 23.0 Å². The summed E-state index contributed by atoms with van der Waals surface area (Å²) in [5.74, 6) is 0.00532. The van der Waals surface area contributed by atoms with Gasteiger partial charge in [0.1, 0.15) is 11.4 Å². The molecule has 1 atom stereocenters. The summed E-state index contributed by atoms with van der Waals surface area (Å²) in [6.07, 6.45) is -2.84. The number of hydrogen-bond acceptors (Lipinski definition) is 5. The molecule has 0 radical (unpaired) electrons. The van der Waals surface area contributed by atoms with Crippen LogP contribution < -0.4 is 5.32 Å². The van der Waals surface area contributed by atoms with Gasteiger partial charge in [0.25, 0.3) is 0 Å². The van der Waals surface area contributed by atoms with Gasteiger partial charge in [0.2, 0.25) is 0 Å². The number of aromatic nitrogens is 3. The predicted molar refractivity (Wildman–Crippen MR) is 108 cm³/mol. The van der Waals surface area contributed by atoms with E-state index in [9.17, 15) is 18.3 Å². The van der Waals surface area contributed by atoms with Gasteiger partial charge in [-0.05, 0) is 37.3 Å². The molecule has 4 rings (SSSR count). The normalized spacial score (nSPS) is 12.7. The number of benzene rings is 2. The van der Waals surface area contributed by atoms with Gasteiger partial charge in [-0.3, -0.25) is 4.98 Å². The number of phenols is 1. The van der Waals surface area contributed by atoms with Crippen LogP contribution in [0.5, 0.6) is 5.75 Å². The first kappa shape index (κ1) is 19.6. The summed E-state index contributed by atoms with van der Waals surface area (Å²) in [6, 6.07) is 15.5. The number of anilines is 1. The topological polar surface area (TPSA) is 70.9 Å².